The summed E-state index contributed by atoms with van der Waals surface area (Å²) in [5.74, 6) is 0.401. The van der Waals surface area contributed by atoms with Gasteiger partial charge >= 0.3 is 0 Å². The quantitative estimate of drug-likeness (QED) is 0.0622. The van der Waals surface area contributed by atoms with Crippen LogP contribution in [0.4, 0.5) is 0 Å². The number of ketones is 1. The Morgan fingerprint density at radius 1 is 0.778 bits per heavy atom. The smallest absolute Gasteiger partial charge is 0.274 e. The van der Waals surface area contributed by atoms with Crippen LogP contribution in [0.5, 0.6) is 5.75 Å². The third-order valence-electron chi connectivity index (χ3n) is 8.04. The summed E-state index contributed by atoms with van der Waals surface area (Å²) in [5, 5.41) is 0. The van der Waals surface area contributed by atoms with Gasteiger partial charge < -0.3 is 14.0 Å². The van der Waals surface area contributed by atoms with Gasteiger partial charge in [0.1, 0.15) is 5.75 Å². The zero-order valence-electron chi connectivity index (χ0n) is 27.2. The Kier molecular flexibility index (Phi) is 13.7. The number of unbranched alkanes of at least 4 members (excludes halogenated alkanes) is 3. The fourth-order valence-corrected chi connectivity index (χ4v) is 5.42. The van der Waals surface area contributed by atoms with Crippen LogP contribution in [0.1, 0.15) is 103 Å². The fraction of sp³-hybridized carbons (Fsp3) is 0.421. The first kappa shape index (κ1) is 33.9. The van der Waals surface area contributed by atoms with Crippen LogP contribution in [0.25, 0.3) is 5.52 Å². The van der Waals surface area contributed by atoms with Crippen LogP contribution in [-0.2, 0) is 17.9 Å². The van der Waals surface area contributed by atoms with Crippen LogP contribution in [0.3, 0.4) is 0 Å². The molecule has 2 aromatic heterocycles. The molecule has 0 spiro atoms. The summed E-state index contributed by atoms with van der Waals surface area (Å²) in [6.07, 6.45) is 10.5. The average Bonchev–Trinajstić information content (AvgIpc) is 3.44. The monoisotopic (exact) mass is 611 g/mol. The molecule has 4 aromatic rings. The molecule has 0 aliphatic carbocycles. The van der Waals surface area contributed by atoms with Gasteiger partial charge in [0, 0.05) is 29.4 Å². The van der Waals surface area contributed by atoms with E-state index in [1.807, 2.05) is 65.1 Å². The third-order valence-corrected chi connectivity index (χ3v) is 8.04. The molecule has 0 saturated heterocycles. The van der Waals surface area contributed by atoms with Gasteiger partial charge in [-0.25, -0.2) is 5.48 Å². The number of ether oxygens (including phenoxy) is 1. The Hall–Kier alpha value is -3.94. The predicted octanol–water partition coefficient (Wildman–Crippen LogP) is 8.05. The Bertz CT molecular complexity index is 1470. The molecule has 1 amide bonds. The minimum absolute atomic E-state index is 0.0430. The standard InChI is InChI=1S/C38H49N3O4/c1-4-7-16-32-27-34-28-33(38(43)39-45-29-30-14-11-10-12-15-30)21-25-41(34)36(32)37(42)31-17-19-35(20-18-31)44-26-13-24-40(22-8-5-2)23-9-6-3/h10-12,14-15,17-21,25,27-28H,4-9,13,16,22-24,26,29H2,1-3H3,(H,39,43). The van der Waals surface area contributed by atoms with Crippen molar-refractivity contribution >= 4 is 17.2 Å². The number of hydrogen-bond donors (Lipinski definition) is 1. The summed E-state index contributed by atoms with van der Waals surface area (Å²) in [7, 11) is 0. The lowest BCUT2D eigenvalue weighted by molar-refractivity contribution is 0.0233. The van der Waals surface area contributed by atoms with E-state index < -0.39 is 0 Å². The number of nitrogens with one attached hydrogen (secondary N) is 1. The van der Waals surface area contributed by atoms with Crippen LogP contribution in [-0.4, -0.2) is 47.2 Å². The maximum atomic E-state index is 13.9. The van der Waals surface area contributed by atoms with Crippen LogP contribution in [0, 0.1) is 0 Å². The number of nitrogens with zero attached hydrogens (tertiary/aromatic N) is 2. The van der Waals surface area contributed by atoms with Crippen LogP contribution < -0.4 is 10.2 Å². The predicted molar refractivity (Wildman–Crippen MR) is 181 cm³/mol. The number of carbonyl (C=O) groups excluding carboxylic acids is 2. The van der Waals surface area contributed by atoms with Crippen molar-refractivity contribution in [2.75, 3.05) is 26.2 Å². The van der Waals surface area contributed by atoms with E-state index in [1.165, 1.54) is 25.7 Å². The number of benzene rings is 2. The van der Waals surface area contributed by atoms with Gasteiger partial charge in [-0.15, -0.1) is 0 Å². The summed E-state index contributed by atoms with van der Waals surface area (Å²) in [4.78, 5) is 34.6. The number of hydroxylamine groups is 1. The first-order valence-corrected chi connectivity index (χ1v) is 16.6. The molecule has 0 aliphatic rings. The molecular weight excluding hydrogens is 562 g/mol. The summed E-state index contributed by atoms with van der Waals surface area (Å²) < 4.78 is 7.93. The van der Waals surface area contributed by atoms with Crippen molar-refractivity contribution in [3.05, 3.63) is 107 Å². The Balaban J connectivity index is 1.40. The maximum Gasteiger partial charge on any atom is 0.274 e. The van der Waals surface area contributed by atoms with Crippen molar-refractivity contribution in [3.63, 3.8) is 0 Å². The van der Waals surface area contributed by atoms with Crippen molar-refractivity contribution in [1.29, 1.82) is 0 Å². The lowest BCUT2D eigenvalue weighted by Gasteiger charge is -2.21. The lowest BCUT2D eigenvalue weighted by Crippen LogP contribution is -2.28. The van der Waals surface area contributed by atoms with Crippen LogP contribution in [0.2, 0.25) is 0 Å². The van der Waals surface area contributed by atoms with E-state index in [2.05, 4.69) is 31.2 Å². The maximum absolute atomic E-state index is 13.9. The minimum Gasteiger partial charge on any atom is -0.494 e. The van der Waals surface area contributed by atoms with E-state index in [0.29, 0.717) is 23.4 Å². The normalized spacial score (nSPS) is 11.3. The van der Waals surface area contributed by atoms with Gasteiger partial charge in [-0.05, 0) is 98.8 Å². The van der Waals surface area contributed by atoms with Gasteiger partial charge in [0.25, 0.3) is 5.91 Å². The molecule has 2 heterocycles. The van der Waals surface area contributed by atoms with Gasteiger partial charge in [0.2, 0.25) is 5.78 Å². The summed E-state index contributed by atoms with van der Waals surface area (Å²) in [5.41, 5.74) is 7.00. The average molecular weight is 612 g/mol. The topological polar surface area (TPSA) is 72.3 Å². The molecule has 2 aromatic carbocycles. The molecule has 0 fully saturated rings. The minimum atomic E-state index is -0.331. The summed E-state index contributed by atoms with van der Waals surface area (Å²) in [6.45, 7) is 10.9. The number of amides is 1. The van der Waals surface area contributed by atoms with Crippen molar-refractivity contribution in [2.24, 2.45) is 0 Å². The summed E-state index contributed by atoms with van der Waals surface area (Å²) >= 11 is 0. The first-order chi connectivity index (χ1) is 22.0. The number of pyridine rings is 1. The second-order valence-corrected chi connectivity index (χ2v) is 11.6. The van der Waals surface area contributed by atoms with Gasteiger partial charge in [0.15, 0.2) is 0 Å². The number of carbonyl (C=O) groups is 2. The molecule has 0 unspecified atom stereocenters. The number of rotatable bonds is 20. The van der Waals surface area contributed by atoms with E-state index in [4.69, 9.17) is 9.57 Å². The zero-order valence-corrected chi connectivity index (χ0v) is 27.2. The Morgan fingerprint density at radius 2 is 1.47 bits per heavy atom. The fourth-order valence-electron chi connectivity index (χ4n) is 5.42. The zero-order chi connectivity index (χ0) is 31.9. The van der Waals surface area contributed by atoms with Crippen molar-refractivity contribution < 1.29 is 19.2 Å². The second-order valence-electron chi connectivity index (χ2n) is 11.6. The highest BCUT2D eigenvalue weighted by molar-refractivity contribution is 6.10. The molecule has 0 bridgehead atoms. The Labute approximate surface area is 268 Å². The van der Waals surface area contributed by atoms with Crippen LogP contribution >= 0.6 is 0 Å². The van der Waals surface area contributed by atoms with Gasteiger partial charge in [-0.2, -0.15) is 0 Å². The second kappa shape index (κ2) is 18.1. The SMILES string of the molecule is CCCCc1cc2cc(C(=O)NOCc3ccccc3)ccn2c1C(=O)c1ccc(OCCCN(CCCC)CCCC)cc1. The number of fused-ring (bicyclic) bond motifs is 1. The van der Waals surface area contributed by atoms with Gasteiger partial charge in [0.05, 0.1) is 18.9 Å². The van der Waals surface area contributed by atoms with Crippen molar-refractivity contribution in [1.82, 2.24) is 14.8 Å². The summed E-state index contributed by atoms with van der Waals surface area (Å²) in [6, 6.07) is 22.7. The number of hydrogen-bond acceptors (Lipinski definition) is 5. The largest absolute Gasteiger partial charge is 0.494 e. The number of aromatic nitrogens is 1. The highest BCUT2D eigenvalue weighted by atomic mass is 16.6. The van der Waals surface area contributed by atoms with Crippen molar-refractivity contribution in [3.8, 4) is 5.75 Å². The van der Waals surface area contributed by atoms with E-state index in [9.17, 15) is 9.59 Å². The molecule has 4 rings (SSSR count). The van der Waals surface area contributed by atoms with E-state index >= 15 is 0 Å². The van der Waals surface area contributed by atoms with Gasteiger partial charge in [-0.1, -0.05) is 70.4 Å². The molecule has 0 saturated carbocycles. The van der Waals surface area contributed by atoms with Crippen LogP contribution in [0.15, 0.2) is 79.0 Å². The molecular formula is C38H49N3O4. The highest BCUT2D eigenvalue weighted by Gasteiger charge is 2.20. The molecule has 0 aliphatic heterocycles. The van der Waals surface area contributed by atoms with Gasteiger partial charge in [-0.3, -0.25) is 14.4 Å². The van der Waals surface area contributed by atoms with E-state index in [-0.39, 0.29) is 18.3 Å². The molecule has 0 atom stereocenters. The third kappa shape index (κ3) is 10.0. The molecule has 1 N–H and O–H groups in total. The van der Waals surface area contributed by atoms with Crippen molar-refractivity contribution in [2.45, 2.75) is 78.7 Å². The first-order valence-electron chi connectivity index (χ1n) is 16.6. The number of aryl methyl sites for hydroxylation is 1. The lowest BCUT2D eigenvalue weighted by atomic mass is 10.0. The Morgan fingerprint density at radius 3 is 2.16 bits per heavy atom. The highest BCUT2D eigenvalue weighted by Crippen LogP contribution is 2.24. The molecule has 7 nitrogen and oxygen atoms in total. The molecule has 45 heavy (non-hydrogen) atoms. The molecule has 240 valence electrons. The van der Waals surface area contributed by atoms with E-state index in [0.717, 1.165) is 67.7 Å². The molecule has 0 radical (unpaired) electrons. The molecule has 7 heteroatoms. The van der Waals surface area contributed by atoms with E-state index in [1.54, 1.807) is 18.3 Å².